The van der Waals surface area contributed by atoms with E-state index in [9.17, 15) is 14.4 Å². The first-order valence-corrected chi connectivity index (χ1v) is 14.4. The highest BCUT2D eigenvalue weighted by atomic mass is 35.5. The van der Waals surface area contributed by atoms with Crippen molar-refractivity contribution in [1.82, 2.24) is 24.4 Å². The summed E-state index contributed by atoms with van der Waals surface area (Å²) in [6.07, 6.45) is 4.54. The normalized spacial score (nSPS) is 15.3. The molecule has 0 saturated carbocycles. The number of carbonyl (C=O) groups is 2. The highest BCUT2D eigenvalue weighted by molar-refractivity contribution is 6.34. The number of rotatable bonds is 7. The number of benzene rings is 1. The van der Waals surface area contributed by atoms with Crippen LogP contribution in [0.25, 0.3) is 28.0 Å². The quantitative estimate of drug-likeness (QED) is 0.213. The minimum absolute atomic E-state index is 0.0176. The molecule has 1 aliphatic heterocycles. The lowest BCUT2D eigenvalue weighted by molar-refractivity contribution is -0.126. The number of hydrogen-bond donors (Lipinski definition) is 0. The summed E-state index contributed by atoms with van der Waals surface area (Å²) in [7, 11) is 0. The number of aldehydes is 1. The monoisotopic (exact) mass is 584 g/mol. The summed E-state index contributed by atoms with van der Waals surface area (Å²) in [5.74, 6) is 0.350. The van der Waals surface area contributed by atoms with E-state index in [4.69, 9.17) is 16.6 Å². The number of aryl methyl sites for hydroxylation is 1. The molecule has 0 N–H and O–H groups in total. The molecular weight excluding hydrogens is 552 g/mol. The van der Waals surface area contributed by atoms with E-state index in [1.54, 1.807) is 35.4 Å². The van der Waals surface area contributed by atoms with Crippen LogP contribution in [0.5, 0.6) is 0 Å². The maximum absolute atomic E-state index is 14.1. The Morgan fingerprint density at radius 2 is 1.95 bits per heavy atom. The van der Waals surface area contributed by atoms with Crippen molar-refractivity contribution in [3.05, 3.63) is 87.6 Å². The lowest BCUT2D eigenvalue weighted by Crippen LogP contribution is -2.55. The second-order valence-electron chi connectivity index (χ2n) is 10.7. The van der Waals surface area contributed by atoms with Gasteiger partial charge in [0.25, 0.3) is 0 Å². The van der Waals surface area contributed by atoms with Gasteiger partial charge in [-0.05, 0) is 43.0 Å². The average Bonchev–Trinajstić information content (AvgIpc) is 3.00. The van der Waals surface area contributed by atoms with Crippen molar-refractivity contribution >= 4 is 40.6 Å². The number of fused-ring (bicyclic) bond motifs is 1. The molecule has 1 aromatic carbocycles. The van der Waals surface area contributed by atoms with Gasteiger partial charge in [-0.3, -0.25) is 14.6 Å². The molecule has 4 aromatic rings. The van der Waals surface area contributed by atoms with Gasteiger partial charge in [-0.15, -0.1) is 0 Å². The predicted octanol–water partition coefficient (Wildman–Crippen LogP) is 5.35. The van der Waals surface area contributed by atoms with E-state index in [0.29, 0.717) is 64.0 Å². The minimum atomic E-state index is -0.501. The Morgan fingerprint density at radius 3 is 2.64 bits per heavy atom. The van der Waals surface area contributed by atoms with Gasteiger partial charge in [0, 0.05) is 43.0 Å². The van der Waals surface area contributed by atoms with Gasteiger partial charge in [0.05, 0.1) is 27.5 Å². The van der Waals surface area contributed by atoms with E-state index in [2.05, 4.69) is 21.4 Å². The molecule has 1 fully saturated rings. The second-order valence-corrected chi connectivity index (χ2v) is 11.1. The Morgan fingerprint density at radius 1 is 1.19 bits per heavy atom. The Kier molecular flexibility index (Phi) is 8.22. The van der Waals surface area contributed by atoms with E-state index in [1.165, 1.54) is 10.6 Å². The fourth-order valence-electron chi connectivity index (χ4n) is 5.63. The first-order valence-electron chi connectivity index (χ1n) is 14.0. The van der Waals surface area contributed by atoms with Crippen LogP contribution < -0.4 is 10.6 Å². The molecule has 1 aliphatic rings. The molecule has 0 aliphatic carbocycles. The van der Waals surface area contributed by atoms with Gasteiger partial charge < -0.3 is 9.80 Å². The van der Waals surface area contributed by atoms with Gasteiger partial charge in [0.2, 0.25) is 5.91 Å². The summed E-state index contributed by atoms with van der Waals surface area (Å²) in [4.78, 5) is 56.5. The van der Waals surface area contributed by atoms with Crippen LogP contribution in [0.2, 0.25) is 5.02 Å². The van der Waals surface area contributed by atoms with Crippen molar-refractivity contribution in [3.63, 3.8) is 0 Å². The van der Waals surface area contributed by atoms with Gasteiger partial charge >= 0.3 is 5.69 Å². The Hall–Kier alpha value is -4.37. The summed E-state index contributed by atoms with van der Waals surface area (Å²) < 4.78 is 1.51. The summed E-state index contributed by atoms with van der Waals surface area (Å²) in [6, 6.07) is 10.6. The van der Waals surface area contributed by atoms with Crippen LogP contribution in [0, 0.1) is 6.92 Å². The van der Waals surface area contributed by atoms with Crippen molar-refractivity contribution < 1.29 is 9.59 Å². The number of aromatic nitrogens is 4. The van der Waals surface area contributed by atoms with Gasteiger partial charge in [0.1, 0.15) is 5.82 Å². The summed E-state index contributed by atoms with van der Waals surface area (Å²) in [6.45, 7) is 13.0. The summed E-state index contributed by atoms with van der Waals surface area (Å²) >= 11 is 6.89. The third-order valence-corrected chi connectivity index (χ3v) is 8.07. The molecule has 5 rings (SSSR count). The van der Waals surface area contributed by atoms with Crippen LogP contribution in [0.15, 0.2) is 60.0 Å². The molecule has 1 atom stereocenters. The molecular formula is C32H33ClN6O3. The molecule has 216 valence electrons. The lowest BCUT2D eigenvalue weighted by Gasteiger charge is -2.42. The number of carbonyl (C=O) groups excluding carboxylic acids is 2. The van der Waals surface area contributed by atoms with E-state index >= 15 is 0 Å². The number of nitrogens with zero attached hydrogens (tertiary/aromatic N) is 6. The second kappa shape index (κ2) is 11.9. The van der Waals surface area contributed by atoms with Gasteiger partial charge in [-0.25, -0.2) is 14.3 Å². The molecule has 9 nitrogen and oxygen atoms in total. The SMILES string of the molecule is C=CC(=O)N1CCN(c2nc(=O)n(-c3c(C)ccnc3C(C)C)c3nc(-c4ccccc4C=O)c(Cl)cc23)[C@@H](CC)C1. The van der Waals surface area contributed by atoms with Crippen molar-refractivity contribution in [2.45, 2.75) is 46.1 Å². The van der Waals surface area contributed by atoms with E-state index in [1.807, 2.05) is 39.8 Å². The molecule has 0 radical (unpaired) electrons. The Bertz CT molecular complexity index is 1770. The standard InChI is InChI=1S/C32H33ClN6O3/c1-6-22-17-37(26(41)7-2)14-15-38(22)30-24-16-25(33)28(23-11-9-8-10-21(23)18-40)35-31(24)39(32(42)36-30)29-20(5)12-13-34-27(29)19(3)4/h7-13,16,18-19,22H,2,6,14-15,17H2,1,3-5H3/t22-/m0/s1. The van der Waals surface area contributed by atoms with Crippen LogP contribution in [-0.4, -0.2) is 62.3 Å². The highest BCUT2D eigenvalue weighted by Gasteiger charge is 2.31. The van der Waals surface area contributed by atoms with Crippen molar-refractivity contribution in [3.8, 4) is 16.9 Å². The zero-order chi connectivity index (χ0) is 30.1. The van der Waals surface area contributed by atoms with Crippen LogP contribution in [0.3, 0.4) is 0 Å². The molecule has 0 spiro atoms. The lowest BCUT2D eigenvalue weighted by atomic mass is 10.0. The number of amides is 1. The van der Waals surface area contributed by atoms with E-state index < -0.39 is 5.69 Å². The number of anilines is 1. The van der Waals surface area contributed by atoms with Gasteiger partial charge in [0.15, 0.2) is 11.9 Å². The highest BCUT2D eigenvalue weighted by Crippen LogP contribution is 2.36. The number of piperazine rings is 1. The average molecular weight is 585 g/mol. The number of hydrogen-bond acceptors (Lipinski definition) is 7. The number of pyridine rings is 2. The van der Waals surface area contributed by atoms with Crippen molar-refractivity contribution in [1.29, 1.82) is 0 Å². The molecule has 0 unspecified atom stereocenters. The third kappa shape index (κ3) is 5.09. The fourth-order valence-corrected chi connectivity index (χ4v) is 5.88. The molecule has 42 heavy (non-hydrogen) atoms. The van der Waals surface area contributed by atoms with E-state index in [0.717, 1.165) is 24.0 Å². The van der Waals surface area contributed by atoms with Crippen LogP contribution in [0.1, 0.15) is 54.7 Å². The maximum Gasteiger partial charge on any atom is 0.355 e. The number of halogens is 1. The molecule has 0 bridgehead atoms. The van der Waals surface area contributed by atoms with Crippen LogP contribution in [0.4, 0.5) is 5.82 Å². The minimum Gasteiger partial charge on any atom is -0.349 e. The zero-order valence-corrected chi connectivity index (χ0v) is 24.9. The third-order valence-electron chi connectivity index (χ3n) is 7.78. The summed E-state index contributed by atoms with van der Waals surface area (Å²) in [5.41, 5.74) is 3.46. The first-order chi connectivity index (χ1) is 20.2. The molecule has 4 heterocycles. The van der Waals surface area contributed by atoms with Crippen LogP contribution >= 0.6 is 11.6 Å². The summed E-state index contributed by atoms with van der Waals surface area (Å²) in [5, 5.41) is 0.914. The molecule has 3 aromatic heterocycles. The van der Waals surface area contributed by atoms with Crippen molar-refractivity contribution in [2.75, 3.05) is 24.5 Å². The fraction of sp³-hybridized carbons (Fsp3) is 0.312. The Labute approximate surface area is 249 Å². The van der Waals surface area contributed by atoms with Crippen LogP contribution in [-0.2, 0) is 4.79 Å². The first kappa shape index (κ1) is 29.1. The smallest absolute Gasteiger partial charge is 0.349 e. The zero-order valence-electron chi connectivity index (χ0n) is 24.2. The molecule has 1 amide bonds. The molecule has 1 saturated heterocycles. The van der Waals surface area contributed by atoms with Gasteiger partial charge in [-0.1, -0.05) is 63.2 Å². The Balaban J connectivity index is 1.83. The maximum atomic E-state index is 14.1. The molecule has 10 heteroatoms. The topological polar surface area (TPSA) is 101 Å². The van der Waals surface area contributed by atoms with Gasteiger partial charge in [-0.2, -0.15) is 4.98 Å². The van der Waals surface area contributed by atoms with E-state index in [-0.39, 0.29) is 17.9 Å². The largest absolute Gasteiger partial charge is 0.355 e. The van der Waals surface area contributed by atoms with Crippen molar-refractivity contribution in [2.24, 2.45) is 0 Å². The predicted molar refractivity (Wildman–Crippen MR) is 166 cm³/mol.